The molecule has 5 heteroatoms. The summed E-state index contributed by atoms with van der Waals surface area (Å²) in [7, 11) is 0. The molecule has 0 saturated heterocycles. The summed E-state index contributed by atoms with van der Waals surface area (Å²) in [6, 6.07) is 0. The molecule has 0 aromatic carbocycles. The van der Waals surface area contributed by atoms with Crippen LogP contribution in [-0.2, 0) is 17.8 Å². The number of amides is 1. The van der Waals surface area contributed by atoms with E-state index in [0.29, 0.717) is 18.9 Å². The molecule has 5 nitrogen and oxygen atoms in total. The molecular weight excluding hydrogens is 180 g/mol. The van der Waals surface area contributed by atoms with Crippen molar-refractivity contribution in [3.05, 3.63) is 17.6 Å². The fourth-order valence-corrected chi connectivity index (χ4v) is 1.57. The number of anilines is 1. The van der Waals surface area contributed by atoms with Crippen LogP contribution in [0.15, 0.2) is 6.20 Å². The van der Waals surface area contributed by atoms with Crippen LogP contribution in [-0.4, -0.2) is 27.3 Å². The molecule has 1 aliphatic heterocycles. The summed E-state index contributed by atoms with van der Waals surface area (Å²) in [5, 5.41) is 0. The highest BCUT2D eigenvalue weighted by Gasteiger charge is 2.19. The first-order valence-corrected chi connectivity index (χ1v) is 4.52. The lowest BCUT2D eigenvalue weighted by Gasteiger charge is -2.26. The molecule has 1 aromatic heterocycles. The van der Waals surface area contributed by atoms with Gasteiger partial charge in [-0.05, 0) is 0 Å². The van der Waals surface area contributed by atoms with Crippen LogP contribution in [0.2, 0.25) is 0 Å². The molecule has 0 radical (unpaired) electrons. The summed E-state index contributed by atoms with van der Waals surface area (Å²) in [5.41, 5.74) is 7.30. The Morgan fingerprint density at radius 1 is 1.57 bits per heavy atom. The molecule has 2 rings (SSSR count). The van der Waals surface area contributed by atoms with E-state index in [-0.39, 0.29) is 5.91 Å². The Morgan fingerprint density at radius 3 is 3.07 bits per heavy atom. The number of hydrogen-bond donors (Lipinski definition) is 1. The van der Waals surface area contributed by atoms with Gasteiger partial charge in [-0.25, -0.2) is 4.98 Å². The summed E-state index contributed by atoms with van der Waals surface area (Å²) in [5.74, 6) is 0.523. The lowest BCUT2D eigenvalue weighted by molar-refractivity contribution is -0.129. The Hall–Kier alpha value is -1.65. The van der Waals surface area contributed by atoms with Gasteiger partial charge in [-0.1, -0.05) is 0 Å². The van der Waals surface area contributed by atoms with Crippen molar-refractivity contribution in [2.75, 3.05) is 12.3 Å². The summed E-state index contributed by atoms with van der Waals surface area (Å²) in [6.45, 7) is 2.83. The minimum Gasteiger partial charge on any atom is -0.382 e. The molecule has 0 aliphatic carbocycles. The topological polar surface area (TPSA) is 72.1 Å². The van der Waals surface area contributed by atoms with Crippen molar-refractivity contribution in [3.8, 4) is 0 Å². The van der Waals surface area contributed by atoms with Gasteiger partial charge in [0.2, 0.25) is 5.91 Å². The lowest BCUT2D eigenvalue weighted by Crippen LogP contribution is -2.35. The van der Waals surface area contributed by atoms with Gasteiger partial charge >= 0.3 is 0 Å². The standard InChI is InChI=1S/C9H12N4O/c1-6(14)13-3-2-7-8(5-13)11-4-9(10)12-7/h4H,2-3,5H2,1H3,(H2,10,12). The highest BCUT2D eigenvalue weighted by Crippen LogP contribution is 2.15. The number of nitrogen functional groups attached to an aromatic ring is 1. The van der Waals surface area contributed by atoms with Gasteiger partial charge < -0.3 is 10.6 Å². The maximum atomic E-state index is 11.1. The molecule has 0 saturated carbocycles. The number of nitrogens with two attached hydrogens (primary N) is 1. The van der Waals surface area contributed by atoms with Crippen molar-refractivity contribution in [1.29, 1.82) is 0 Å². The Morgan fingerprint density at radius 2 is 2.36 bits per heavy atom. The van der Waals surface area contributed by atoms with Crippen LogP contribution in [0, 0.1) is 0 Å². The molecular formula is C9H12N4O. The van der Waals surface area contributed by atoms with Crippen molar-refractivity contribution in [3.63, 3.8) is 0 Å². The maximum absolute atomic E-state index is 11.1. The predicted molar refractivity (Wildman–Crippen MR) is 51.2 cm³/mol. The molecule has 0 fully saturated rings. The number of hydrogen-bond acceptors (Lipinski definition) is 4. The number of rotatable bonds is 0. The minimum atomic E-state index is 0.0780. The van der Waals surface area contributed by atoms with Gasteiger partial charge in [0.15, 0.2) is 0 Å². The average molecular weight is 192 g/mol. The lowest BCUT2D eigenvalue weighted by atomic mass is 10.1. The zero-order valence-electron chi connectivity index (χ0n) is 8.03. The largest absolute Gasteiger partial charge is 0.382 e. The molecule has 2 heterocycles. The van der Waals surface area contributed by atoms with Crippen LogP contribution >= 0.6 is 0 Å². The van der Waals surface area contributed by atoms with Crippen LogP contribution in [0.4, 0.5) is 5.82 Å². The highest BCUT2D eigenvalue weighted by molar-refractivity contribution is 5.73. The van der Waals surface area contributed by atoms with Gasteiger partial charge in [0.1, 0.15) is 5.82 Å². The Bertz CT molecular complexity index is 377. The normalized spacial score (nSPS) is 15.1. The second kappa shape index (κ2) is 3.25. The first-order valence-electron chi connectivity index (χ1n) is 4.52. The van der Waals surface area contributed by atoms with Crippen LogP contribution in [0.5, 0.6) is 0 Å². The van der Waals surface area contributed by atoms with Gasteiger partial charge in [-0.2, -0.15) is 0 Å². The van der Waals surface area contributed by atoms with Crippen molar-refractivity contribution >= 4 is 11.7 Å². The number of aromatic nitrogens is 2. The van der Waals surface area contributed by atoms with Gasteiger partial charge in [-0.15, -0.1) is 0 Å². The van der Waals surface area contributed by atoms with Gasteiger partial charge in [0, 0.05) is 19.9 Å². The fraction of sp³-hybridized carbons (Fsp3) is 0.444. The van der Waals surface area contributed by atoms with E-state index < -0.39 is 0 Å². The fourth-order valence-electron chi connectivity index (χ4n) is 1.57. The third kappa shape index (κ3) is 1.53. The van der Waals surface area contributed by atoms with Gasteiger partial charge in [0.25, 0.3) is 0 Å². The van der Waals surface area contributed by atoms with E-state index in [1.54, 1.807) is 11.8 Å². The third-order valence-electron chi connectivity index (χ3n) is 2.35. The Balaban J connectivity index is 2.27. The van der Waals surface area contributed by atoms with Crippen LogP contribution in [0.3, 0.4) is 0 Å². The molecule has 0 atom stereocenters. The molecule has 14 heavy (non-hydrogen) atoms. The highest BCUT2D eigenvalue weighted by atomic mass is 16.2. The smallest absolute Gasteiger partial charge is 0.219 e. The zero-order valence-corrected chi connectivity index (χ0v) is 8.03. The number of fused-ring (bicyclic) bond motifs is 1. The van der Waals surface area contributed by atoms with Crippen molar-refractivity contribution in [2.45, 2.75) is 19.9 Å². The molecule has 1 aromatic rings. The first kappa shape index (κ1) is 8.93. The minimum absolute atomic E-state index is 0.0780. The van der Waals surface area contributed by atoms with Crippen molar-refractivity contribution in [1.82, 2.24) is 14.9 Å². The van der Waals surface area contributed by atoms with E-state index >= 15 is 0 Å². The number of nitrogens with zero attached hydrogens (tertiary/aromatic N) is 3. The van der Waals surface area contributed by atoms with E-state index in [4.69, 9.17) is 5.73 Å². The van der Waals surface area contributed by atoms with Crippen LogP contribution in [0.25, 0.3) is 0 Å². The number of carbonyl (C=O) groups excluding carboxylic acids is 1. The molecule has 0 bridgehead atoms. The van der Waals surface area contributed by atoms with E-state index in [1.165, 1.54) is 6.20 Å². The van der Waals surface area contributed by atoms with Crippen LogP contribution < -0.4 is 5.73 Å². The van der Waals surface area contributed by atoms with Gasteiger partial charge in [-0.3, -0.25) is 9.78 Å². The van der Waals surface area contributed by atoms with E-state index in [2.05, 4.69) is 9.97 Å². The Labute approximate surface area is 82.0 Å². The SMILES string of the molecule is CC(=O)N1CCc2nc(N)cnc2C1. The van der Waals surface area contributed by atoms with Crippen molar-refractivity contribution in [2.24, 2.45) is 0 Å². The van der Waals surface area contributed by atoms with E-state index in [1.807, 2.05) is 0 Å². The quantitative estimate of drug-likeness (QED) is 0.626. The zero-order chi connectivity index (χ0) is 10.1. The molecule has 2 N–H and O–H groups in total. The van der Waals surface area contributed by atoms with Crippen molar-refractivity contribution < 1.29 is 4.79 Å². The molecule has 1 aliphatic rings. The van der Waals surface area contributed by atoms with Gasteiger partial charge in [0.05, 0.1) is 24.1 Å². The average Bonchev–Trinajstić information content (AvgIpc) is 2.16. The van der Waals surface area contributed by atoms with E-state index in [9.17, 15) is 4.79 Å². The molecule has 0 spiro atoms. The van der Waals surface area contributed by atoms with Crippen LogP contribution in [0.1, 0.15) is 18.3 Å². The first-order chi connectivity index (χ1) is 6.66. The molecule has 1 amide bonds. The second-order valence-electron chi connectivity index (χ2n) is 3.38. The Kier molecular flexibility index (Phi) is 2.07. The van der Waals surface area contributed by atoms with E-state index in [0.717, 1.165) is 17.8 Å². The monoisotopic (exact) mass is 192 g/mol. The molecule has 74 valence electrons. The maximum Gasteiger partial charge on any atom is 0.219 e. The number of carbonyl (C=O) groups is 1. The second-order valence-corrected chi connectivity index (χ2v) is 3.38. The summed E-state index contributed by atoms with van der Waals surface area (Å²) >= 11 is 0. The summed E-state index contributed by atoms with van der Waals surface area (Å²) in [6.07, 6.45) is 2.27. The predicted octanol–water partition coefficient (Wildman–Crippen LogP) is -0.0366. The molecule has 0 unspecified atom stereocenters. The third-order valence-corrected chi connectivity index (χ3v) is 2.35. The summed E-state index contributed by atoms with van der Waals surface area (Å²) < 4.78 is 0. The summed E-state index contributed by atoms with van der Waals surface area (Å²) in [4.78, 5) is 21.2.